The van der Waals surface area contributed by atoms with Gasteiger partial charge in [-0.25, -0.2) is 0 Å². The first-order valence-corrected chi connectivity index (χ1v) is 4.35. The molecule has 1 saturated heterocycles. The van der Waals surface area contributed by atoms with Crippen molar-refractivity contribution in [3.8, 4) is 0 Å². The molecule has 0 aromatic carbocycles. The highest BCUT2D eigenvalue weighted by molar-refractivity contribution is 5.79. The monoisotopic (exact) mass is 155 g/mol. The number of hydrogen-bond donors (Lipinski definition) is 0. The van der Waals surface area contributed by atoms with Crippen LogP contribution in [0.5, 0.6) is 0 Å². The van der Waals surface area contributed by atoms with Crippen molar-refractivity contribution >= 4 is 5.78 Å². The van der Waals surface area contributed by atoms with Crippen LogP contribution in [-0.4, -0.2) is 29.8 Å². The first-order valence-electron chi connectivity index (χ1n) is 4.35. The van der Waals surface area contributed by atoms with Crippen molar-refractivity contribution in [1.82, 2.24) is 4.90 Å². The Kier molecular flexibility index (Phi) is 2.66. The Balaban J connectivity index is 2.61. The number of Topliss-reactive ketones (excluding diaryl/α,β-unsaturated/α-hetero) is 1. The third-order valence-corrected chi connectivity index (χ3v) is 2.75. The SMILES string of the molecule is CC1CCC(=O)CC(C)N1C. The van der Waals surface area contributed by atoms with Gasteiger partial charge in [0, 0.05) is 24.9 Å². The van der Waals surface area contributed by atoms with Crippen LogP contribution in [-0.2, 0) is 4.79 Å². The van der Waals surface area contributed by atoms with Crippen LogP contribution in [0.2, 0.25) is 0 Å². The minimum absolute atomic E-state index is 0.425. The fourth-order valence-electron chi connectivity index (χ4n) is 1.58. The summed E-state index contributed by atoms with van der Waals surface area (Å²) in [4.78, 5) is 13.5. The number of carbonyl (C=O) groups is 1. The Hall–Kier alpha value is -0.370. The lowest BCUT2D eigenvalue weighted by atomic mass is 10.1. The lowest BCUT2D eigenvalue weighted by Crippen LogP contribution is -2.35. The fourth-order valence-corrected chi connectivity index (χ4v) is 1.58. The van der Waals surface area contributed by atoms with E-state index in [2.05, 4.69) is 25.8 Å². The van der Waals surface area contributed by atoms with Gasteiger partial charge in [-0.2, -0.15) is 0 Å². The van der Waals surface area contributed by atoms with Gasteiger partial charge in [-0.15, -0.1) is 0 Å². The van der Waals surface area contributed by atoms with E-state index in [1.807, 2.05) is 0 Å². The van der Waals surface area contributed by atoms with Crippen LogP contribution < -0.4 is 0 Å². The summed E-state index contributed by atoms with van der Waals surface area (Å²) in [5.74, 6) is 0.425. The number of nitrogens with zero attached hydrogens (tertiary/aromatic N) is 1. The van der Waals surface area contributed by atoms with Crippen LogP contribution in [0.1, 0.15) is 33.1 Å². The van der Waals surface area contributed by atoms with Gasteiger partial charge in [0.1, 0.15) is 5.78 Å². The summed E-state index contributed by atoms with van der Waals surface area (Å²) >= 11 is 0. The molecule has 0 bridgehead atoms. The van der Waals surface area contributed by atoms with Gasteiger partial charge in [-0.3, -0.25) is 4.79 Å². The molecule has 1 aliphatic heterocycles. The summed E-state index contributed by atoms with van der Waals surface area (Å²) in [5, 5.41) is 0. The molecule has 0 radical (unpaired) electrons. The van der Waals surface area contributed by atoms with Crippen molar-refractivity contribution < 1.29 is 4.79 Å². The van der Waals surface area contributed by atoms with Gasteiger partial charge in [0.25, 0.3) is 0 Å². The van der Waals surface area contributed by atoms with Crippen LogP contribution in [0, 0.1) is 0 Å². The molecule has 1 heterocycles. The number of hydrogen-bond acceptors (Lipinski definition) is 2. The fraction of sp³-hybridized carbons (Fsp3) is 0.889. The van der Waals surface area contributed by atoms with Crippen LogP contribution >= 0.6 is 0 Å². The normalized spacial score (nSPS) is 35.4. The predicted molar refractivity (Wildman–Crippen MR) is 45.5 cm³/mol. The Labute approximate surface area is 68.6 Å². The van der Waals surface area contributed by atoms with Gasteiger partial charge >= 0.3 is 0 Å². The Morgan fingerprint density at radius 2 is 2.00 bits per heavy atom. The molecule has 0 saturated carbocycles. The van der Waals surface area contributed by atoms with E-state index in [0.717, 1.165) is 19.3 Å². The highest BCUT2D eigenvalue weighted by Gasteiger charge is 2.22. The molecule has 0 N–H and O–H groups in total. The molecule has 1 aliphatic rings. The van der Waals surface area contributed by atoms with Crippen molar-refractivity contribution in [3.63, 3.8) is 0 Å². The van der Waals surface area contributed by atoms with Crippen LogP contribution in [0.3, 0.4) is 0 Å². The Morgan fingerprint density at radius 3 is 2.64 bits per heavy atom. The second kappa shape index (κ2) is 3.35. The zero-order chi connectivity index (χ0) is 8.43. The van der Waals surface area contributed by atoms with Gasteiger partial charge in [-0.1, -0.05) is 0 Å². The standard InChI is InChI=1S/C9H17NO/c1-7-4-5-9(11)6-8(2)10(7)3/h7-8H,4-6H2,1-3H3. The molecular weight excluding hydrogens is 138 g/mol. The highest BCUT2D eigenvalue weighted by Crippen LogP contribution is 2.17. The molecule has 1 rings (SSSR count). The van der Waals surface area contributed by atoms with Crippen molar-refractivity contribution in [2.75, 3.05) is 7.05 Å². The summed E-state index contributed by atoms with van der Waals surface area (Å²) < 4.78 is 0. The maximum atomic E-state index is 11.2. The van der Waals surface area contributed by atoms with E-state index in [1.165, 1.54) is 0 Å². The molecule has 2 atom stereocenters. The lowest BCUT2D eigenvalue weighted by Gasteiger charge is -2.27. The van der Waals surface area contributed by atoms with Crippen LogP contribution in [0.15, 0.2) is 0 Å². The number of carbonyl (C=O) groups excluding carboxylic acids is 1. The number of ketones is 1. The maximum absolute atomic E-state index is 11.2. The molecule has 0 aromatic heterocycles. The molecule has 0 amide bonds. The summed E-state index contributed by atoms with van der Waals surface area (Å²) in [6.07, 6.45) is 2.54. The zero-order valence-electron chi connectivity index (χ0n) is 7.63. The molecule has 2 nitrogen and oxygen atoms in total. The summed E-state index contributed by atoms with van der Waals surface area (Å²) in [6, 6.07) is 0.997. The second-order valence-electron chi connectivity index (χ2n) is 3.64. The van der Waals surface area contributed by atoms with Gasteiger partial charge in [0.15, 0.2) is 0 Å². The first kappa shape index (κ1) is 8.72. The minimum Gasteiger partial charge on any atom is -0.301 e. The van der Waals surface area contributed by atoms with Crippen molar-refractivity contribution in [2.24, 2.45) is 0 Å². The van der Waals surface area contributed by atoms with Crippen LogP contribution in [0.25, 0.3) is 0 Å². The van der Waals surface area contributed by atoms with E-state index in [0.29, 0.717) is 17.9 Å². The summed E-state index contributed by atoms with van der Waals surface area (Å²) in [7, 11) is 2.11. The van der Waals surface area contributed by atoms with E-state index in [9.17, 15) is 4.79 Å². The zero-order valence-corrected chi connectivity index (χ0v) is 7.63. The molecular formula is C9H17NO. The van der Waals surface area contributed by atoms with Gasteiger partial charge < -0.3 is 4.90 Å². The van der Waals surface area contributed by atoms with Crippen molar-refractivity contribution in [3.05, 3.63) is 0 Å². The van der Waals surface area contributed by atoms with E-state index < -0.39 is 0 Å². The van der Waals surface area contributed by atoms with Gasteiger partial charge in [-0.05, 0) is 27.3 Å². The lowest BCUT2D eigenvalue weighted by molar-refractivity contribution is -0.119. The number of likely N-dealkylation sites (tertiary alicyclic amines) is 1. The van der Waals surface area contributed by atoms with Crippen molar-refractivity contribution in [2.45, 2.75) is 45.2 Å². The van der Waals surface area contributed by atoms with Crippen LogP contribution in [0.4, 0.5) is 0 Å². The molecule has 0 spiro atoms. The maximum Gasteiger partial charge on any atom is 0.134 e. The molecule has 2 unspecified atom stereocenters. The minimum atomic E-state index is 0.425. The third kappa shape index (κ3) is 2.03. The quantitative estimate of drug-likeness (QED) is 0.527. The number of rotatable bonds is 0. The molecule has 64 valence electrons. The largest absolute Gasteiger partial charge is 0.301 e. The highest BCUT2D eigenvalue weighted by atomic mass is 16.1. The van der Waals surface area contributed by atoms with Gasteiger partial charge in [0.2, 0.25) is 0 Å². The van der Waals surface area contributed by atoms with E-state index in [1.54, 1.807) is 0 Å². The van der Waals surface area contributed by atoms with Gasteiger partial charge in [0.05, 0.1) is 0 Å². The first-order chi connectivity index (χ1) is 5.11. The molecule has 2 heteroatoms. The third-order valence-electron chi connectivity index (χ3n) is 2.75. The molecule has 0 aromatic rings. The smallest absolute Gasteiger partial charge is 0.134 e. The second-order valence-corrected chi connectivity index (χ2v) is 3.64. The average molecular weight is 155 g/mol. The predicted octanol–water partition coefficient (Wildman–Crippen LogP) is 1.45. The Morgan fingerprint density at radius 1 is 1.36 bits per heavy atom. The van der Waals surface area contributed by atoms with E-state index in [-0.39, 0.29) is 0 Å². The summed E-state index contributed by atoms with van der Waals surface area (Å²) in [5.41, 5.74) is 0. The summed E-state index contributed by atoms with van der Waals surface area (Å²) in [6.45, 7) is 4.31. The average Bonchev–Trinajstić information content (AvgIpc) is 2.05. The van der Waals surface area contributed by atoms with E-state index >= 15 is 0 Å². The van der Waals surface area contributed by atoms with E-state index in [4.69, 9.17) is 0 Å². The molecule has 11 heavy (non-hydrogen) atoms. The van der Waals surface area contributed by atoms with Crippen molar-refractivity contribution in [1.29, 1.82) is 0 Å². The topological polar surface area (TPSA) is 20.3 Å². The molecule has 0 aliphatic carbocycles. The molecule has 1 fully saturated rings. The Bertz CT molecular complexity index is 156.